The normalized spacial score (nSPS) is 12.0. The zero-order valence-electron chi connectivity index (χ0n) is 11.7. The summed E-state index contributed by atoms with van der Waals surface area (Å²) in [5.74, 6) is 1.26. The van der Waals surface area contributed by atoms with Crippen LogP contribution in [0.15, 0.2) is 12.1 Å². The summed E-state index contributed by atoms with van der Waals surface area (Å²) in [5.41, 5.74) is 2.15. The molecule has 1 aromatic rings. The van der Waals surface area contributed by atoms with Gasteiger partial charge in [-0.3, -0.25) is 4.79 Å². The van der Waals surface area contributed by atoms with Gasteiger partial charge < -0.3 is 14.6 Å². The number of ether oxygens (including phenoxy) is 2. The van der Waals surface area contributed by atoms with Crippen molar-refractivity contribution >= 4 is 17.7 Å². The fraction of sp³-hybridized carbons (Fsp3) is 0.500. The van der Waals surface area contributed by atoms with Crippen molar-refractivity contribution in [2.24, 2.45) is 0 Å². The van der Waals surface area contributed by atoms with E-state index in [1.165, 1.54) is 11.8 Å². The molecule has 0 aliphatic rings. The van der Waals surface area contributed by atoms with Gasteiger partial charge in [0.2, 0.25) is 0 Å². The number of carboxylic acids is 1. The van der Waals surface area contributed by atoms with Gasteiger partial charge in [0.1, 0.15) is 5.25 Å². The molecular formula is C14H20O4S. The summed E-state index contributed by atoms with van der Waals surface area (Å²) in [4.78, 5) is 11.0. The van der Waals surface area contributed by atoms with Crippen molar-refractivity contribution in [3.8, 4) is 11.5 Å². The van der Waals surface area contributed by atoms with E-state index < -0.39 is 5.97 Å². The molecule has 0 radical (unpaired) electrons. The molecule has 1 rings (SSSR count). The molecule has 0 aliphatic carbocycles. The van der Waals surface area contributed by atoms with Gasteiger partial charge >= 0.3 is 5.97 Å². The lowest BCUT2D eigenvalue weighted by Gasteiger charge is -2.14. The van der Waals surface area contributed by atoms with Crippen LogP contribution < -0.4 is 9.47 Å². The van der Waals surface area contributed by atoms with Gasteiger partial charge in [0.05, 0.1) is 14.2 Å². The zero-order chi connectivity index (χ0) is 14.4. The Morgan fingerprint density at radius 2 is 1.89 bits per heavy atom. The highest BCUT2D eigenvalue weighted by Gasteiger charge is 2.16. The van der Waals surface area contributed by atoms with Crippen LogP contribution in [0.2, 0.25) is 0 Å². The van der Waals surface area contributed by atoms with E-state index in [1.54, 1.807) is 14.2 Å². The maximum absolute atomic E-state index is 11.0. The molecule has 0 fully saturated rings. The number of hydrogen-bond donors (Lipinski definition) is 1. The minimum atomic E-state index is -0.759. The Labute approximate surface area is 118 Å². The summed E-state index contributed by atoms with van der Waals surface area (Å²) in [7, 11) is 3.19. The molecule has 106 valence electrons. The number of rotatable bonds is 7. The molecule has 0 saturated heterocycles. The van der Waals surface area contributed by atoms with Crippen LogP contribution in [0.4, 0.5) is 0 Å². The predicted octanol–water partition coefficient (Wildman–Crippen LogP) is 3.11. The Balaban J connectivity index is 2.86. The van der Waals surface area contributed by atoms with Crippen molar-refractivity contribution in [2.75, 3.05) is 14.2 Å². The van der Waals surface area contributed by atoms with Crippen LogP contribution in [0.25, 0.3) is 0 Å². The standard InChI is InChI=1S/C14H20O4S/c1-5-13(14(15)16)19-8-10-7-12(18-4)11(17-3)6-9(10)2/h6-7,13H,5,8H2,1-4H3,(H,15,16). The van der Waals surface area contributed by atoms with Crippen LogP contribution in [0.5, 0.6) is 11.5 Å². The van der Waals surface area contributed by atoms with E-state index in [0.717, 1.165) is 11.1 Å². The Kier molecular flexibility index (Phi) is 6.02. The lowest BCUT2D eigenvalue weighted by atomic mass is 10.1. The van der Waals surface area contributed by atoms with Crippen molar-refractivity contribution in [3.05, 3.63) is 23.3 Å². The zero-order valence-corrected chi connectivity index (χ0v) is 12.5. The Morgan fingerprint density at radius 1 is 1.32 bits per heavy atom. The molecule has 0 aliphatic heterocycles. The van der Waals surface area contributed by atoms with Gasteiger partial charge in [-0.25, -0.2) is 0 Å². The van der Waals surface area contributed by atoms with Gasteiger partial charge in [0.15, 0.2) is 11.5 Å². The minimum Gasteiger partial charge on any atom is -0.493 e. The van der Waals surface area contributed by atoms with Crippen molar-refractivity contribution in [2.45, 2.75) is 31.3 Å². The van der Waals surface area contributed by atoms with Crippen LogP contribution in [0.3, 0.4) is 0 Å². The smallest absolute Gasteiger partial charge is 0.316 e. The van der Waals surface area contributed by atoms with Gasteiger partial charge in [0.25, 0.3) is 0 Å². The molecular weight excluding hydrogens is 264 g/mol. The molecule has 1 unspecified atom stereocenters. The van der Waals surface area contributed by atoms with Gasteiger partial charge in [-0.1, -0.05) is 6.92 Å². The lowest BCUT2D eigenvalue weighted by Crippen LogP contribution is -2.15. The third-order valence-corrected chi connectivity index (χ3v) is 4.34. The molecule has 0 spiro atoms. The molecule has 0 aromatic heterocycles. The van der Waals surface area contributed by atoms with Crippen molar-refractivity contribution in [1.29, 1.82) is 0 Å². The molecule has 5 heteroatoms. The molecule has 1 atom stereocenters. The van der Waals surface area contributed by atoms with Crippen molar-refractivity contribution < 1.29 is 19.4 Å². The fourth-order valence-electron chi connectivity index (χ4n) is 1.73. The molecule has 0 heterocycles. The molecule has 19 heavy (non-hydrogen) atoms. The van der Waals surface area contributed by atoms with E-state index in [2.05, 4.69) is 0 Å². The number of carbonyl (C=O) groups is 1. The predicted molar refractivity (Wildman–Crippen MR) is 77.3 cm³/mol. The Bertz CT molecular complexity index is 445. The van der Waals surface area contributed by atoms with Gasteiger partial charge in [-0.05, 0) is 36.6 Å². The topological polar surface area (TPSA) is 55.8 Å². The van der Waals surface area contributed by atoms with Crippen molar-refractivity contribution in [3.63, 3.8) is 0 Å². The van der Waals surface area contributed by atoms with E-state index >= 15 is 0 Å². The first-order valence-corrected chi connectivity index (χ1v) is 7.14. The largest absolute Gasteiger partial charge is 0.493 e. The highest BCUT2D eigenvalue weighted by atomic mass is 32.2. The van der Waals surface area contributed by atoms with Gasteiger partial charge in [-0.2, -0.15) is 0 Å². The highest BCUT2D eigenvalue weighted by molar-refractivity contribution is 7.99. The monoisotopic (exact) mass is 284 g/mol. The number of aryl methyl sites for hydroxylation is 1. The maximum atomic E-state index is 11.0. The van der Waals surface area contributed by atoms with Crippen LogP contribution in [-0.4, -0.2) is 30.5 Å². The summed E-state index contributed by atoms with van der Waals surface area (Å²) in [6.07, 6.45) is 0.617. The number of thioether (sulfide) groups is 1. The Morgan fingerprint density at radius 3 is 2.37 bits per heavy atom. The van der Waals surface area contributed by atoms with E-state index in [0.29, 0.717) is 23.7 Å². The van der Waals surface area contributed by atoms with E-state index in [-0.39, 0.29) is 5.25 Å². The van der Waals surface area contributed by atoms with Crippen LogP contribution in [0.1, 0.15) is 24.5 Å². The maximum Gasteiger partial charge on any atom is 0.316 e. The second kappa shape index (κ2) is 7.28. The summed E-state index contributed by atoms with van der Waals surface area (Å²) >= 11 is 1.43. The number of hydrogen-bond acceptors (Lipinski definition) is 4. The van der Waals surface area contributed by atoms with Crippen LogP contribution in [-0.2, 0) is 10.5 Å². The molecule has 4 nitrogen and oxygen atoms in total. The quantitative estimate of drug-likeness (QED) is 0.833. The summed E-state index contributed by atoms with van der Waals surface area (Å²) in [6.45, 7) is 3.87. The van der Waals surface area contributed by atoms with E-state index in [9.17, 15) is 4.79 Å². The molecule has 1 N–H and O–H groups in total. The average molecular weight is 284 g/mol. The van der Waals surface area contributed by atoms with Gasteiger partial charge in [0, 0.05) is 5.75 Å². The second-order valence-corrected chi connectivity index (χ2v) is 5.37. The number of methoxy groups -OCH3 is 2. The molecule has 0 saturated carbocycles. The number of aliphatic carboxylic acids is 1. The number of carboxylic acid groups (broad SMARTS) is 1. The van der Waals surface area contributed by atoms with Crippen LogP contribution in [0, 0.1) is 6.92 Å². The summed E-state index contributed by atoms with van der Waals surface area (Å²) in [5, 5.41) is 8.67. The van der Waals surface area contributed by atoms with Crippen molar-refractivity contribution in [1.82, 2.24) is 0 Å². The highest BCUT2D eigenvalue weighted by Crippen LogP contribution is 2.32. The third kappa shape index (κ3) is 4.06. The summed E-state index contributed by atoms with van der Waals surface area (Å²) < 4.78 is 10.5. The minimum absolute atomic E-state index is 0.368. The first-order valence-electron chi connectivity index (χ1n) is 6.09. The van der Waals surface area contributed by atoms with E-state index in [4.69, 9.17) is 14.6 Å². The van der Waals surface area contributed by atoms with E-state index in [1.807, 2.05) is 26.0 Å². The SMILES string of the molecule is CCC(SCc1cc(OC)c(OC)cc1C)C(=O)O. The Hall–Kier alpha value is -1.36. The first kappa shape index (κ1) is 15.7. The molecule has 1 aromatic carbocycles. The molecule has 0 bridgehead atoms. The molecule has 0 amide bonds. The third-order valence-electron chi connectivity index (χ3n) is 2.93. The van der Waals surface area contributed by atoms with Crippen LogP contribution >= 0.6 is 11.8 Å². The first-order chi connectivity index (χ1) is 9.03. The average Bonchev–Trinajstić information content (AvgIpc) is 2.40. The number of benzene rings is 1. The fourth-order valence-corrected chi connectivity index (χ4v) is 2.80. The second-order valence-electron chi connectivity index (χ2n) is 4.18. The van der Waals surface area contributed by atoms with Gasteiger partial charge in [-0.15, -0.1) is 11.8 Å². The lowest BCUT2D eigenvalue weighted by molar-refractivity contribution is -0.136. The summed E-state index contributed by atoms with van der Waals surface area (Å²) in [6, 6.07) is 3.83.